The highest BCUT2D eigenvalue weighted by Crippen LogP contribution is 2.29. The average Bonchev–Trinajstić information content (AvgIpc) is 2.52. The van der Waals surface area contributed by atoms with Gasteiger partial charge in [-0.05, 0) is 37.5 Å². The van der Waals surface area contributed by atoms with Crippen LogP contribution in [0.25, 0.3) is 0 Å². The van der Waals surface area contributed by atoms with E-state index in [0.717, 1.165) is 25.0 Å². The fourth-order valence-corrected chi connectivity index (χ4v) is 2.42. The van der Waals surface area contributed by atoms with Gasteiger partial charge in [0.15, 0.2) is 0 Å². The zero-order chi connectivity index (χ0) is 17.9. The number of hydrogen-bond acceptors (Lipinski definition) is 3. The van der Waals surface area contributed by atoms with Crippen LogP contribution in [-0.4, -0.2) is 9.78 Å². The first-order chi connectivity index (χ1) is 11.2. The third-order valence-electron chi connectivity index (χ3n) is 3.83. The van der Waals surface area contributed by atoms with E-state index in [1.807, 2.05) is 6.92 Å². The van der Waals surface area contributed by atoms with Crippen molar-refractivity contribution in [1.82, 2.24) is 9.78 Å². The standard InChI is InChI=1S/C16H18F3N3O2/c1-3-4-5-14-11(2)15(23)20-22(24)21(14)10-12-6-8-13(9-7-12)16(17,18)19/h6-9H,3-5,10H2,1-2H3. The second kappa shape index (κ2) is 7.02. The Morgan fingerprint density at radius 1 is 1.25 bits per heavy atom. The lowest BCUT2D eigenvalue weighted by atomic mass is 10.1. The summed E-state index contributed by atoms with van der Waals surface area (Å²) in [6.45, 7) is 3.64. The largest absolute Gasteiger partial charge is 0.571 e. The molecule has 0 saturated carbocycles. The van der Waals surface area contributed by atoms with Gasteiger partial charge >= 0.3 is 11.7 Å². The molecule has 1 aromatic heterocycles. The van der Waals surface area contributed by atoms with Gasteiger partial charge in [0.05, 0.1) is 16.4 Å². The number of unbranched alkanes of at least 4 members (excludes halogenated alkanes) is 1. The van der Waals surface area contributed by atoms with Crippen LogP contribution < -0.4 is 10.5 Å². The first-order valence-electron chi connectivity index (χ1n) is 7.60. The van der Waals surface area contributed by atoms with Gasteiger partial charge in [-0.2, -0.15) is 13.2 Å². The van der Waals surface area contributed by atoms with Gasteiger partial charge in [-0.1, -0.05) is 25.5 Å². The molecule has 0 saturated heterocycles. The van der Waals surface area contributed by atoms with Crippen molar-refractivity contribution in [3.05, 3.63) is 62.2 Å². The molecule has 5 nitrogen and oxygen atoms in total. The normalized spacial score (nSPS) is 11.7. The van der Waals surface area contributed by atoms with E-state index < -0.39 is 17.3 Å². The lowest BCUT2D eigenvalue weighted by Gasteiger charge is -2.13. The summed E-state index contributed by atoms with van der Waals surface area (Å²) in [4.78, 5) is 11.9. The zero-order valence-corrected chi connectivity index (χ0v) is 13.4. The van der Waals surface area contributed by atoms with Crippen LogP contribution in [0.3, 0.4) is 0 Å². The Balaban J connectivity index is 2.38. The Morgan fingerprint density at radius 2 is 1.88 bits per heavy atom. The van der Waals surface area contributed by atoms with Crippen LogP contribution in [0.4, 0.5) is 13.2 Å². The Labute approximate surface area is 136 Å². The number of hydrogen-bond donors (Lipinski definition) is 0. The monoisotopic (exact) mass is 341 g/mol. The van der Waals surface area contributed by atoms with E-state index in [9.17, 15) is 23.2 Å². The Bertz CT molecular complexity index is 768. The van der Waals surface area contributed by atoms with Crippen molar-refractivity contribution in [2.24, 2.45) is 0 Å². The molecule has 0 amide bonds. The summed E-state index contributed by atoms with van der Waals surface area (Å²) in [6, 6.07) is 4.58. The molecule has 130 valence electrons. The highest BCUT2D eigenvalue weighted by atomic mass is 19.4. The van der Waals surface area contributed by atoms with Gasteiger partial charge < -0.3 is 5.21 Å². The summed E-state index contributed by atoms with van der Waals surface area (Å²) in [6.07, 6.45) is -2.20. The minimum Gasteiger partial charge on any atom is -0.571 e. The molecule has 24 heavy (non-hydrogen) atoms. The maximum atomic E-state index is 12.6. The number of halogens is 3. The van der Waals surface area contributed by atoms with Crippen molar-refractivity contribution >= 4 is 0 Å². The summed E-state index contributed by atoms with van der Waals surface area (Å²) in [7, 11) is 0. The quantitative estimate of drug-likeness (QED) is 0.620. The van der Waals surface area contributed by atoms with Crippen molar-refractivity contribution in [2.45, 2.75) is 45.8 Å². The minimum absolute atomic E-state index is 0.0504. The fourth-order valence-electron chi connectivity index (χ4n) is 2.42. The predicted molar refractivity (Wildman–Crippen MR) is 81.4 cm³/mol. The van der Waals surface area contributed by atoms with E-state index in [4.69, 9.17) is 0 Å². The van der Waals surface area contributed by atoms with Crippen LogP contribution >= 0.6 is 0 Å². The summed E-state index contributed by atoms with van der Waals surface area (Å²) in [5, 5.41) is 15.4. The molecule has 0 aliphatic rings. The number of aromatic nitrogens is 3. The Morgan fingerprint density at radius 3 is 2.42 bits per heavy atom. The van der Waals surface area contributed by atoms with Crippen LogP contribution in [0.2, 0.25) is 0 Å². The lowest BCUT2D eigenvalue weighted by molar-refractivity contribution is -0.756. The molecule has 0 fully saturated rings. The van der Waals surface area contributed by atoms with E-state index in [0.29, 0.717) is 23.2 Å². The van der Waals surface area contributed by atoms with Gasteiger partial charge in [0, 0.05) is 10.5 Å². The molecule has 0 aliphatic heterocycles. The Hall–Kier alpha value is -2.38. The van der Waals surface area contributed by atoms with E-state index in [1.165, 1.54) is 16.8 Å². The summed E-state index contributed by atoms with van der Waals surface area (Å²) >= 11 is 0. The second-order valence-corrected chi connectivity index (χ2v) is 5.59. The van der Waals surface area contributed by atoms with Crippen LogP contribution in [0.15, 0.2) is 29.1 Å². The highest BCUT2D eigenvalue weighted by Gasteiger charge is 2.30. The summed E-state index contributed by atoms with van der Waals surface area (Å²) in [5.41, 5.74) is 0.144. The molecule has 2 aromatic rings. The number of nitrogens with zero attached hydrogens (tertiary/aromatic N) is 3. The third kappa shape index (κ3) is 3.93. The molecule has 0 N–H and O–H groups in total. The van der Waals surface area contributed by atoms with Gasteiger partial charge in [0.2, 0.25) is 0 Å². The van der Waals surface area contributed by atoms with Crippen molar-refractivity contribution in [1.29, 1.82) is 0 Å². The van der Waals surface area contributed by atoms with Crippen LogP contribution in [0.5, 0.6) is 0 Å². The van der Waals surface area contributed by atoms with Crippen LogP contribution in [0.1, 0.15) is 42.1 Å². The van der Waals surface area contributed by atoms with Crippen molar-refractivity contribution in [3.8, 4) is 0 Å². The van der Waals surface area contributed by atoms with E-state index in [-0.39, 0.29) is 11.5 Å². The van der Waals surface area contributed by atoms with Gasteiger partial charge in [-0.3, -0.25) is 4.79 Å². The first-order valence-corrected chi connectivity index (χ1v) is 7.60. The molecule has 1 aromatic carbocycles. The fraction of sp³-hybridized carbons (Fsp3) is 0.438. The highest BCUT2D eigenvalue weighted by molar-refractivity contribution is 5.25. The SMILES string of the molecule is CCCCc1c(C)c(=O)n[n+]([O-])n1Cc1ccc(C(F)(F)F)cc1. The maximum absolute atomic E-state index is 12.6. The van der Waals surface area contributed by atoms with Crippen molar-refractivity contribution < 1.29 is 18.1 Å². The predicted octanol–water partition coefficient (Wildman–Crippen LogP) is 2.59. The molecule has 0 bridgehead atoms. The van der Waals surface area contributed by atoms with E-state index >= 15 is 0 Å². The van der Waals surface area contributed by atoms with E-state index in [2.05, 4.69) is 5.10 Å². The molecule has 8 heteroatoms. The minimum atomic E-state index is -4.40. The molecular formula is C16H18F3N3O2. The second-order valence-electron chi connectivity index (χ2n) is 5.59. The topological polar surface area (TPSA) is 61.8 Å². The van der Waals surface area contributed by atoms with Crippen molar-refractivity contribution in [3.63, 3.8) is 0 Å². The maximum Gasteiger partial charge on any atom is 0.416 e. The van der Waals surface area contributed by atoms with Gasteiger partial charge in [0.25, 0.3) is 0 Å². The third-order valence-corrected chi connectivity index (χ3v) is 3.83. The molecule has 0 atom stereocenters. The number of benzene rings is 1. The van der Waals surface area contributed by atoms with Crippen molar-refractivity contribution in [2.75, 3.05) is 0 Å². The lowest BCUT2D eigenvalue weighted by Crippen LogP contribution is -2.50. The van der Waals surface area contributed by atoms with Gasteiger partial charge in [0.1, 0.15) is 6.54 Å². The smallest absolute Gasteiger partial charge is 0.416 e. The molecule has 0 aliphatic carbocycles. The molecule has 0 spiro atoms. The zero-order valence-electron chi connectivity index (χ0n) is 13.4. The summed E-state index contributed by atoms with van der Waals surface area (Å²) < 4.78 is 39.1. The Kier molecular flexibility index (Phi) is 5.26. The molecular weight excluding hydrogens is 323 g/mol. The average molecular weight is 341 g/mol. The molecule has 2 rings (SSSR count). The molecule has 0 unspecified atom stereocenters. The number of alkyl halides is 3. The molecule has 0 radical (unpaired) electrons. The first kappa shape index (κ1) is 18.0. The summed E-state index contributed by atoms with van der Waals surface area (Å²) in [5.74, 6) is 0. The van der Waals surface area contributed by atoms with E-state index in [1.54, 1.807) is 6.92 Å². The van der Waals surface area contributed by atoms with Gasteiger partial charge in [-0.25, -0.2) is 0 Å². The number of rotatable bonds is 5. The molecule has 1 heterocycles. The van der Waals surface area contributed by atoms with Crippen LogP contribution in [-0.2, 0) is 19.1 Å². The van der Waals surface area contributed by atoms with Gasteiger partial charge in [-0.15, -0.1) is 4.68 Å². The van der Waals surface area contributed by atoms with Crippen LogP contribution in [0, 0.1) is 12.1 Å².